The number of hydrogen-bond acceptors (Lipinski definition) is 6. The molecule has 2 N–H and O–H groups in total. The quantitative estimate of drug-likeness (QED) is 0.580. The van der Waals surface area contributed by atoms with Crippen LogP contribution in [0.4, 0.5) is 23.4 Å². The largest absolute Gasteiger partial charge is 0.419 e. The smallest absolute Gasteiger partial charge is 0.387 e. The lowest BCUT2D eigenvalue weighted by Gasteiger charge is -2.38. The van der Waals surface area contributed by atoms with Gasteiger partial charge in [-0.05, 0) is 30.0 Å². The number of fused-ring (bicyclic) bond motifs is 1. The van der Waals surface area contributed by atoms with E-state index >= 15 is 0 Å². The van der Waals surface area contributed by atoms with Crippen molar-refractivity contribution in [2.45, 2.75) is 57.3 Å². The van der Waals surface area contributed by atoms with E-state index in [1.54, 1.807) is 4.90 Å². The van der Waals surface area contributed by atoms with Crippen molar-refractivity contribution in [1.29, 1.82) is 0 Å². The van der Waals surface area contributed by atoms with Gasteiger partial charge in [0.25, 0.3) is 0 Å². The van der Waals surface area contributed by atoms with Crippen LogP contribution in [0.3, 0.4) is 0 Å². The van der Waals surface area contributed by atoms with Gasteiger partial charge in [0.05, 0.1) is 23.3 Å². The Morgan fingerprint density at radius 3 is 2.53 bits per heavy atom. The summed E-state index contributed by atoms with van der Waals surface area (Å²) in [6.45, 7) is 7.61. The van der Waals surface area contributed by atoms with E-state index in [0.29, 0.717) is 38.3 Å². The normalized spacial score (nSPS) is 21.1. The molecule has 1 aromatic heterocycles. The highest BCUT2D eigenvalue weighted by Crippen LogP contribution is 2.43. The average molecular weight is 510 g/mol. The number of nitrogens with one attached hydrogen (secondary N) is 1. The lowest BCUT2D eigenvalue weighted by atomic mass is 9.94. The molecule has 2 heterocycles. The number of piperazine rings is 1. The Kier molecular flexibility index (Phi) is 7.51. The fourth-order valence-electron chi connectivity index (χ4n) is 4.99. The van der Waals surface area contributed by atoms with Crippen LogP contribution in [0.2, 0.25) is 0 Å². The van der Waals surface area contributed by atoms with Crippen LogP contribution in [-0.2, 0) is 11.0 Å². The predicted octanol–water partition coefficient (Wildman–Crippen LogP) is 3.61. The molecule has 2 aromatic rings. The second-order valence-electron chi connectivity index (χ2n) is 9.81. The summed E-state index contributed by atoms with van der Waals surface area (Å²) < 4.78 is 53.9. The van der Waals surface area contributed by atoms with E-state index in [0.717, 1.165) is 23.5 Å². The number of alkyl halides is 3. The van der Waals surface area contributed by atoms with Gasteiger partial charge < -0.3 is 20.2 Å². The molecule has 0 spiro atoms. The summed E-state index contributed by atoms with van der Waals surface area (Å²) in [6, 6.07) is 2.78. The third-order valence-corrected chi connectivity index (χ3v) is 6.90. The Morgan fingerprint density at radius 2 is 1.89 bits per heavy atom. The third-order valence-electron chi connectivity index (χ3n) is 6.90. The van der Waals surface area contributed by atoms with Crippen LogP contribution in [0.5, 0.6) is 0 Å². The molecular formula is C25H31F4N5O2. The van der Waals surface area contributed by atoms with Crippen molar-refractivity contribution in [2.75, 3.05) is 37.6 Å². The number of aliphatic hydroxyl groups excluding tert-OH is 1. The summed E-state index contributed by atoms with van der Waals surface area (Å²) >= 11 is 0. The number of halogens is 4. The zero-order chi connectivity index (χ0) is 26.2. The van der Waals surface area contributed by atoms with Crippen LogP contribution in [0.1, 0.15) is 67.5 Å². The predicted molar refractivity (Wildman–Crippen MR) is 126 cm³/mol. The van der Waals surface area contributed by atoms with Gasteiger partial charge >= 0.3 is 6.18 Å². The van der Waals surface area contributed by atoms with Gasteiger partial charge in [-0.25, -0.2) is 14.4 Å². The number of hydrogen-bond donors (Lipinski definition) is 2. The maximum atomic E-state index is 13.9. The maximum absolute atomic E-state index is 13.9. The molecule has 1 aliphatic heterocycles. The minimum Gasteiger partial charge on any atom is -0.387 e. The number of amides is 1. The van der Waals surface area contributed by atoms with Crippen molar-refractivity contribution in [3.05, 3.63) is 52.7 Å². The van der Waals surface area contributed by atoms with E-state index in [1.165, 1.54) is 12.4 Å². The molecule has 2 aliphatic rings. The molecule has 11 heteroatoms. The lowest BCUT2D eigenvalue weighted by molar-refractivity contribution is -0.140. The van der Waals surface area contributed by atoms with E-state index in [9.17, 15) is 27.5 Å². The Morgan fingerprint density at radius 1 is 1.19 bits per heavy atom. The topological polar surface area (TPSA) is 81.6 Å². The summed E-state index contributed by atoms with van der Waals surface area (Å²) in [5.74, 6) is -1.70. The highest BCUT2D eigenvalue weighted by atomic mass is 19.4. The number of nitrogens with zero attached hydrogens (tertiary/aromatic N) is 4. The SMILES string of the molecule is CC(C)NCC(C(=O)N1CCN(c2ncnc3c2[C@H](C)C[C@H]3O)CC1)c1ccc(F)c(C(F)(F)F)c1. The number of aromatic nitrogens is 2. The number of carbonyl (C=O) groups is 1. The van der Waals surface area contributed by atoms with Gasteiger partial charge in [-0.15, -0.1) is 0 Å². The summed E-state index contributed by atoms with van der Waals surface area (Å²) in [6.07, 6.45) is -3.45. The number of anilines is 1. The highest BCUT2D eigenvalue weighted by Gasteiger charge is 2.37. The van der Waals surface area contributed by atoms with E-state index in [1.807, 2.05) is 20.8 Å². The van der Waals surface area contributed by atoms with Gasteiger partial charge in [-0.1, -0.05) is 26.8 Å². The van der Waals surface area contributed by atoms with E-state index in [4.69, 9.17) is 0 Å². The summed E-state index contributed by atoms with van der Waals surface area (Å²) in [7, 11) is 0. The fourth-order valence-corrected chi connectivity index (χ4v) is 4.99. The van der Waals surface area contributed by atoms with Crippen LogP contribution >= 0.6 is 0 Å². The van der Waals surface area contributed by atoms with Crippen LogP contribution in [0.15, 0.2) is 24.5 Å². The van der Waals surface area contributed by atoms with Gasteiger partial charge in [0.15, 0.2) is 0 Å². The highest BCUT2D eigenvalue weighted by molar-refractivity contribution is 5.84. The molecule has 1 fully saturated rings. The Hall–Kier alpha value is -2.79. The van der Waals surface area contributed by atoms with Crippen molar-refractivity contribution < 1.29 is 27.5 Å². The number of aliphatic hydroxyl groups is 1. The van der Waals surface area contributed by atoms with Crippen molar-refractivity contribution in [2.24, 2.45) is 0 Å². The minimum absolute atomic E-state index is 0.0110. The zero-order valence-electron chi connectivity index (χ0n) is 20.5. The van der Waals surface area contributed by atoms with E-state index in [-0.39, 0.29) is 30.0 Å². The zero-order valence-corrected chi connectivity index (χ0v) is 20.5. The van der Waals surface area contributed by atoms with Gasteiger partial charge in [0.2, 0.25) is 5.91 Å². The van der Waals surface area contributed by atoms with Crippen LogP contribution in [0, 0.1) is 5.82 Å². The van der Waals surface area contributed by atoms with Crippen LogP contribution in [0.25, 0.3) is 0 Å². The molecule has 7 nitrogen and oxygen atoms in total. The molecule has 1 aliphatic carbocycles. The first-order valence-electron chi connectivity index (χ1n) is 12.1. The molecule has 4 rings (SSSR count). The molecule has 1 saturated heterocycles. The molecule has 1 unspecified atom stereocenters. The minimum atomic E-state index is -4.85. The number of carbonyl (C=O) groups excluding carboxylic acids is 1. The molecule has 1 amide bonds. The van der Waals surface area contributed by atoms with Gasteiger partial charge in [0, 0.05) is 44.3 Å². The van der Waals surface area contributed by atoms with Gasteiger partial charge in [0.1, 0.15) is 18.0 Å². The monoisotopic (exact) mass is 509 g/mol. The Balaban J connectivity index is 1.53. The molecule has 0 bridgehead atoms. The summed E-state index contributed by atoms with van der Waals surface area (Å²) in [5, 5.41) is 13.4. The summed E-state index contributed by atoms with van der Waals surface area (Å²) in [4.78, 5) is 25.9. The van der Waals surface area contributed by atoms with Crippen molar-refractivity contribution in [3.8, 4) is 0 Å². The van der Waals surface area contributed by atoms with Crippen LogP contribution < -0.4 is 10.2 Å². The third kappa shape index (κ3) is 5.31. The molecule has 196 valence electrons. The first-order valence-corrected chi connectivity index (χ1v) is 12.1. The van der Waals surface area contributed by atoms with Crippen molar-refractivity contribution in [3.63, 3.8) is 0 Å². The molecule has 0 radical (unpaired) electrons. The fraction of sp³-hybridized carbons (Fsp3) is 0.560. The van der Waals surface area contributed by atoms with E-state index in [2.05, 4.69) is 20.2 Å². The number of benzene rings is 1. The molecule has 36 heavy (non-hydrogen) atoms. The molecule has 1 aromatic carbocycles. The molecular weight excluding hydrogens is 478 g/mol. The lowest BCUT2D eigenvalue weighted by Crippen LogP contribution is -2.51. The maximum Gasteiger partial charge on any atom is 0.419 e. The first-order chi connectivity index (χ1) is 17.0. The van der Waals surface area contributed by atoms with Crippen molar-refractivity contribution >= 4 is 11.7 Å². The molecule has 3 atom stereocenters. The second kappa shape index (κ2) is 10.3. The average Bonchev–Trinajstić information content (AvgIpc) is 3.12. The second-order valence-corrected chi connectivity index (χ2v) is 9.81. The van der Waals surface area contributed by atoms with Crippen LogP contribution in [-0.4, -0.2) is 64.6 Å². The van der Waals surface area contributed by atoms with Gasteiger partial charge in [-0.3, -0.25) is 4.79 Å². The Labute approximate surface area is 207 Å². The van der Waals surface area contributed by atoms with Gasteiger partial charge in [-0.2, -0.15) is 13.2 Å². The number of rotatable bonds is 6. The summed E-state index contributed by atoms with van der Waals surface area (Å²) in [5.41, 5.74) is 0.319. The standard InChI is InChI=1S/C25H31F4N5O2/c1-14(2)30-12-17(16-4-5-19(26)18(11-16)25(27,28)29)24(36)34-8-6-33(7-9-34)23-21-15(3)10-20(35)22(21)31-13-32-23/h4-5,11,13-15,17,20,30,35H,6-10,12H2,1-3H3/t15-,17?,20-/m1/s1. The molecule has 0 saturated carbocycles. The van der Waals surface area contributed by atoms with E-state index < -0.39 is 29.6 Å². The Bertz CT molecular complexity index is 1100. The van der Waals surface area contributed by atoms with Crippen molar-refractivity contribution in [1.82, 2.24) is 20.2 Å². The first kappa shape index (κ1) is 26.3.